The summed E-state index contributed by atoms with van der Waals surface area (Å²) >= 11 is 4.41. The van der Waals surface area contributed by atoms with Crippen LogP contribution in [-0.2, 0) is 4.74 Å². The largest absolute Gasteiger partial charge is 0.381 e. The molecule has 17 heavy (non-hydrogen) atoms. The third kappa shape index (κ3) is 6.13. The van der Waals surface area contributed by atoms with Crippen molar-refractivity contribution in [2.45, 2.75) is 38.5 Å². The van der Waals surface area contributed by atoms with E-state index in [1.165, 1.54) is 31.2 Å². The van der Waals surface area contributed by atoms with E-state index >= 15 is 0 Å². The lowest BCUT2D eigenvalue weighted by molar-refractivity contribution is 0.120. The molecular formula is C15H24OS. The molecule has 0 spiro atoms. The number of unbranched alkanes of at least 4 members (excludes halogenated alkanes) is 3. The zero-order chi connectivity index (χ0) is 12.3. The molecule has 96 valence electrons. The van der Waals surface area contributed by atoms with Crippen molar-refractivity contribution in [3.63, 3.8) is 0 Å². The Bertz CT molecular complexity index is 274. The molecule has 2 heteroatoms. The van der Waals surface area contributed by atoms with Crippen LogP contribution in [0.25, 0.3) is 0 Å². The summed E-state index contributed by atoms with van der Waals surface area (Å²) in [5, 5.41) is 0. The molecule has 0 saturated heterocycles. The van der Waals surface area contributed by atoms with Crippen molar-refractivity contribution in [2.24, 2.45) is 0 Å². The molecule has 0 aliphatic heterocycles. The fourth-order valence-electron chi connectivity index (χ4n) is 1.84. The Morgan fingerprint density at radius 3 is 2.53 bits per heavy atom. The molecule has 0 aromatic heterocycles. The molecule has 0 aliphatic carbocycles. The smallest absolute Gasteiger partial charge is 0.0542 e. The third-order valence-corrected chi connectivity index (χ3v) is 3.39. The molecule has 1 aromatic rings. The average Bonchev–Trinajstić information content (AvgIpc) is 2.39. The van der Waals surface area contributed by atoms with E-state index in [0.717, 1.165) is 19.0 Å². The Balaban J connectivity index is 2.20. The van der Waals surface area contributed by atoms with E-state index in [1.807, 2.05) is 6.07 Å². The Morgan fingerprint density at radius 1 is 1.12 bits per heavy atom. The second kappa shape index (κ2) is 9.55. The standard InChI is InChI=1S/C15H24OS/c1-2-3-4-8-11-16-12-15(13-17)14-9-6-5-7-10-14/h5-7,9-10,15,17H,2-4,8,11-13H2,1H3. The maximum absolute atomic E-state index is 5.74. The fourth-order valence-corrected chi connectivity index (χ4v) is 2.15. The molecule has 0 saturated carbocycles. The van der Waals surface area contributed by atoms with Gasteiger partial charge in [-0.05, 0) is 17.7 Å². The van der Waals surface area contributed by atoms with E-state index in [2.05, 4.69) is 43.8 Å². The van der Waals surface area contributed by atoms with Gasteiger partial charge in [-0.25, -0.2) is 0 Å². The number of benzene rings is 1. The van der Waals surface area contributed by atoms with Crippen LogP contribution in [0.5, 0.6) is 0 Å². The maximum Gasteiger partial charge on any atom is 0.0542 e. The molecule has 0 heterocycles. The van der Waals surface area contributed by atoms with Crippen LogP contribution in [0, 0.1) is 0 Å². The first-order valence-corrected chi connectivity index (χ1v) is 7.25. The molecule has 1 nitrogen and oxygen atoms in total. The van der Waals surface area contributed by atoms with Gasteiger partial charge in [-0.15, -0.1) is 0 Å². The number of hydrogen-bond donors (Lipinski definition) is 1. The van der Waals surface area contributed by atoms with Gasteiger partial charge < -0.3 is 4.74 Å². The van der Waals surface area contributed by atoms with E-state index in [-0.39, 0.29) is 0 Å². The highest BCUT2D eigenvalue weighted by Crippen LogP contribution is 2.17. The fraction of sp³-hybridized carbons (Fsp3) is 0.600. The Kier molecular flexibility index (Phi) is 8.20. The molecular weight excluding hydrogens is 228 g/mol. The molecule has 1 rings (SSSR count). The Hall–Kier alpha value is -0.470. The number of ether oxygens (including phenoxy) is 1. The van der Waals surface area contributed by atoms with Gasteiger partial charge in [-0.1, -0.05) is 56.5 Å². The molecule has 0 N–H and O–H groups in total. The third-order valence-electron chi connectivity index (χ3n) is 2.95. The normalized spacial score (nSPS) is 12.6. The van der Waals surface area contributed by atoms with Gasteiger partial charge in [0.05, 0.1) is 6.61 Å². The van der Waals surface area contributed by atoms with Crippen molar-refractivity contribution in [2.75, 3.05) is 19.0 Å². The molecule has 0 aliphatic rings. The maximum atomic E-state index is 5.74. The lowest BCUT2D eigenvalue weighted by atomic mass is 10.0. The topological polar surface area (TPSA) is 9.23 Å². The average molecular weight is 252 g/mol. The highest BCUT2D eigenvalue weighted by atomic mass is 32.1. The van der Waals surface area contributed by atoms with E-state index in [0.29, 0.717) is 5.92 Å². The minimum atomic E-state index is 0.422. The van der Waals surface area contributed by atoms with Crippen LogP contribution < -0.4 is 0 Å². The summed E-state index contributed by atoms with van der Waals surface area (Å²) in [6.07, 6.45) is 5.07. The summed E-state index contributed by atoms with van der Waals surface area (Å²) in [6, 6.07) is 10.5. The van der Waals surface area contributed by atoms with Crippen molar-refractivity contribution in [3.05, 3.63) is 35.9 Å². The molecule has 0 fully saturated rings. The van der Waals surface area contributed by atoms with Crippen LogP contribution in [0.4, 0.5) is 0 Å². The van der Waals surface area contributed by atoms with E-state index in [1.54, 1.807) is 0 Å². The van der Waals surface area contributed by atoms with Gasteiger partial charge in [-0.3, -0.25) is 0 Å². The second-order valence-electron chi connectivity index (χ2n) is 4.43. The van der Waals surface area contributed by atoms with E-state index in [4.69, 9.17) is 4.74 Å². The van der Waals surface area contributed by atoms with Gasteiger partial charge in [0.25, 0.3) is 0 Å². The highest BCUT2D eigenvalue weighted by Gasteiger charge is 2.08. The highest BCUT2D eigenvalue weighted by molar-refractivity contribution is 7.80. The lowest BCUT2D eigenvalue weighted by Gasteiger charge is -2.15. The van der Waals surface area contributed by atoms with Crippen molar-refractivity contribution in [3.8, 4) is 0 Å². The Morgan fingerprint density at radius 2 is 1.88 bits per heavy atom. The van der Waals surface area contributed by atoms with Crippen LogP contribution in [0.2, 0.25) is 0 Å². The zero-order valence-corrected chi connectivity index (χ0v) is 11.7. The van der Waals surface area contributed by atoms with Gasteiger partial charge >= 0.3 is 0 Å². The molecule has 0 radical (unpaired) electrons. The molecule has 0 amide bonds. The van der Waals surface area contributed by atoms with Crippen LogP contribution in [0.1, 0.15) is 44.1 Å². The summed E-state index contributed by atoms with van der Waals surface area (Å²) < 4.78 is 5.74. The first-order chi connectivity index (χ1) is 8.38. The molecule has 0 bridgehead atoms. The molecule has 1 aromatic carbocycles. The Labute approximate surface area is 111 Å². The van der Waals surface area contributed by atoms with E-state index < -0.39 is 0 Å². The molecule has 1 atom stereocenters. The van der Waals surface area contributed by atoms with Gasteiger partial charge in [0.15, 0.2) is 0 Å². The summed E-state index contributed by atoms with van der Waals surface area (Å²) in [6.45, 7) is 3.91. The first kappa shape index (κ1) is 14.6. The van der Waals surface area contributed by atoms with Crippen LogP contribution in [-0.4, -0.2) is 19.0 Å². The van der Waals surface area contributed by atoms with Crippen molar-refractivity contribution in [1.82, 2.24) is 0 Å². The van der Waals surface area contributed by atoms with Gasteiger partial charge in [0.2, 0.25) is 0 Å². The minimum Gasteiger partial charge on any atom is -0.381 e. The van der Waals surface area contributed by atoms with Crippen molar-refractivity contribution >= 4 is 12.6 Å². The summed E-state index contributed by atoms with van der Waals surface area (Å²) in [4.78, 5) is 0. The van der Waals surface area contributed by atoms with Crippen LogP contribution in [0.3, 0.4) is 0 Å². The summed E-state index contributed by atoms with van der Waals surface area (Å²) in [7, 11) is 0. The minimum absolute atomic E-state index is 0.422. The lowest BCUT2D eigenvalue weighted by Crippen LogP contribution is -2.10. The van der Waals surface area contributed by atoms with Gasteiger partial charge in [0.1, 0.15) is 0 Å². The predicted molar refractivity (Wildman–Crippen MR) is 78.0 cm³/mol. The number of hydrogen-bond acceptors (Lipinski definition) is 2. The van der Waals surface area contributed by atoms with Crippen LogP contribution >= 0.6 is 12.6 Å². The van der Waals surface area contributed by atoms with Gasteiger partial charge in [-0.2, -0.15) is 12.6 Å². The van der Waals surface area contributed by atoms with Crippen molar-refractivity contribution in [1.29, 1.82) is 0 Å². The molecule has 1 unspecified atom stereocenters. The van der Waals surface area contributed by atoms with Crippen LogP contribution in [0.15, 0.2) is 30.3 Å². The quantitative estimate of drug-likeness (QED) is 0.509. The monoisotopic (exact) mass is 252 g/mol. The summed E-state index contributed by atoms with van der Waals surface area (Å²) in [5.41, 5.74) is 1.33. The van der Waals surface area contributed by atoms with Gasteiger partial charge in [0, 0.05) is 12.5 Å². The first-order valence-electron chi connectivity index (χ1n) is 6.62. The summed E-state index contributed by atoms with van der Waals surface area (Å²) in [5.74, 6) is 1.27. The number of rotatable bonds is 9. The second-order valence-corrected chi connectivity index (χ2v) is 4.79. The van der Waals surface area contributed by atoms with Crippen molar-refractivity contribution < 1.29 is 4.74 Å². The number of thiol groups is 1. The predicted octanol–water partition coefficient (Wildman–Crippen LogP) is 4.30. The SMILES string of the molecule is CCCCCCOCC(CS)c1ccccc1. The van der Waals surface area contributed by atoms with E-state index in [9.17, 15) is 0 Å². The zero-order valence-electron chi connectivity index (χ0n) is 10.8.